The van der Waals surface area contributed by atoms with Gasteiger partial charge in [0, 0.05) is 23.5 Å². The van der Waals surface area contributed by atoms with Gasteiger partial charge in [0.2, 0.25) is 5.91 Å². The van der Waals surface area contributed by atoms with E-state index in [1.807, 2.05) is 0 Å². The topological polar surface area (TPSA) is 77.5 Å². The second-order valence-corrected chi connectivity index (χ2v) is 4.67. The van der Waals surface area contributed by atoms with Crippen LogP contribution in [0.3, 0.4) is 0 Å². The zero-order valence-corrected chi connectivity index (χ0v) is 12.9. The van der Waals surface area contributed by atoms with Crippen molar-refractivity contribution in [3.05, 3.63) is 66.3 Å². The van der Waals surface area contributed by atoms with Gasteiger partial charge in [0.05, 0.1) is 7.11 Å². The summed E-state index contributed by atoms with van der Waals surface area (Å²) in [6.07, 6.45) is 2.54. The lowest BCUT2D eigenvalue weighted by Gasteiger charge is -2.09. The number of anilines is 1. The molecule has 0 bridgehead atoms. The summed E-state index contributed by atoms with van der Waals surface area (Å²) in [5, 5.41) is 2.45. The maximum absolute atomic E-state index is 13.9. The van der Waals surface area contributed by atoms with E-state index in [1.165, 1.54) is 31.5 Å². The predicted molar refractivity (Wildman–Crippen MR) is 85.1 cm³/mol. The van der Waals surface area contributed by atoms with E-state index < -0.39 is 17.7 Å². The summed E-state index contributed by atoms with van der Waals surface area (Å²) in [6.45, 7) is 3.39. The van der Waals surface area contributed by atoms with Gasteiger partial charge in [0.15, 0.2) is 11.6 Å². The average molecular weight is 330 g/mol. The number of carbonyl (C=O) groups is 2. The van der Waals surface area contributed by atoms with Crippen LogP contribution < -0.4 is 10.1 Å². The lowest BCUT2D eigenvalue weighted by Crippen LogP contribution is -2.08. The fraction of sp³-hybridized carbons (Fsp3) is 0.118. The third kappa shape index (κ3) is 4.39. The molecule has 2 rings (SSSR count). The molecule has 1 aromatic heterocycles. The lowest BCUT2D eigenvalue weighted by atomic mass is 10.2. The quantitative estimate of drug-likeness (QED) is 0.651. The Hall–Kier alpha value is -3.22. The number of benzene rings is 1. The zero-order valence-electron chi connectivity index (χ0n) is 12.9. The van der Waals surface area contributed by atoms with Crippen LogP contribution in [0.1, 0.15) is 16.1 Å². The summed E-state index contributed by atoms with van der Waals surface area (Å²) in [6, 6.07) is 7.20. The van der Waals surface area contributed by atoms with Gasteiger partial charge in [-0.3, -0.25) is 4.79 Å². The summed E-state index contributed by atoms with van der Waals surface area (Å²) in [4.78, 5) is 26.4. The maximum atomic E-state index is 13.9. The van der Waals surface area contributed by atoms with Crippen molar-refractivity contribution < 1.29 is 23.5 Å². The van der Waals surface area contributed by atoms with Crippen LogP contribution in [0, 0.1) is 5.82 Å². The van der Waals surface area contributed by atoms with Gasteiger partial charge in [0.25, 0.3) is 0 Å². The van der Waals surface area contributed by atoms with Crippen molar-refractivity contribution in [3.63, 3.8) is 0 Å². The number of ether oxygens (including phenoxy) is 2. The van der Waals surface area contributed by atoms with Gasteiger partial charge in [-0.05, 0) is 24.3 Å². The van der Waals surface area contributed by atoms with Crippen molar-refractivity contribution in [3.8, 4) is 5.75 Å². The molecule has 7 heteroatoms. The van der Waals surface area contributed by atoms with Crippen LogP contribution in [0.25, 0.3) is 0 Å². The monoisotopic (exact) mass is 330 g/mol. The second-order valence-electron chi connectivity index (χ2n) is 4.67. The number of esters is 1. The third-order valence-electron chi connectivity index (χ3n) is 3.00. The number of carbonyl (C=O) groups excluding carboxylic acids is 2. The van der Waals surface area contributed by atoms with Crippen LogP contribution >= 0.6 is 0 Å². The minimum absolute atomic E-state index is 0.0312. The van der Waals surface area contributed by atoms with Gasteiger partial charge in [-0.1, -0.05) is 12.6 Å². The van der Waals surface area contributed by atoms with Crippen molar-refractivity contribution in [1.29, 1.82) is 0 Å². The van der Waals surface area contributed by atoms with Gasteiger partial charge in [-0.2, -0.15) is 0 Å². The number of methoxy groups -OCH3 is 1. The molecule has 124 valence electrons. The molecule has 1 N–H and O–H groups in total. The smallest absolute Gasteiger partial charge is 0.356 e. The van der Waals surface area contributed by atoms with Gasteiger partial charge in [0.1, 0.15) is 12.3 Å². The first-order valence-corrected chi connectivity index (χ1v) is 6.92. The number of aromatic nitrogens is 1. The molecule has 0 aliphatic rings. The van der Waals surface area contributed by atoms with Crippen molar-refractivity contribution in [2.24, 2.45) is 0 Å². The first kappa shape index (κ1) is 17.1. The summed E-state index contributed by atoms with van der Waals surface area (Å²) in [5.41, 5.74) is 1.13. The molecule has 0 saturated carbocycles. The molecule has 1 amide bonds. The Morgan fingerprint density at radius 2 is 2.12 bits per heavy atom. The Balaban J connectivity index is 2.00. The number of amides is 1. The molecule has 6 nitrogen and oxygen atoms in total. The van der Waals surface area contributed by atoms with E-state index >= 15 is 0 Å². The Kier molecular flexibility index (Phi) is 5.62. The number of pyridine rings is 1. The van der Waals surface area contributed by atoms with Crippen LogP contribution in [0.2, 0.25) is 0 Å². The zero-order chi connectivity index (χ0) is 17.5. The van der Waals surface area contributed by atoms with Crippen molar-refractivity contribution in [2.45, 2.75) is 6.61 Å². The highest BCUT2D eigenvalue weighted by molar-refractivity contribution is 5.98. The summed E-state index contributed by atoms with van der Waals surface area (Å²) >= 11 is 0. The largest absolute Gasteiger partial charge is 0.486 e. The molecule has 0 saturated heterocycles. The van der Waals surface area contributed by atoms with Crippen molar-refractivity contribution >= 4 is 17.6 Å². The molecule has 1 heterocycles. The molecule has 0 aliphatic carbocycles. The first-order valence-electron chi connectivity index (χ1n) is 6.92. The maximum Gasteiger partial charge on any atom is 0.356 e. The van der Waals surface area contributed by atoms with Gasteiger partial charge in [-0.25, -0.2) is 14.2 Å². The summed E-state index contributed by atoms with van der Waals surface area (Å²) in [5.74, 6) is -1.55. The minimum atomic E-state index is -0.615. The fourth-order valence-electron chi connectivity index (χ4n) is 1.79. The van der Waals surface area contributed by atoms with Gasteiger partial charge in [-0.15, -0.1) is 0 Å². The van der Waals surface area contributed by atoms with Crippen molar-refractivity contribution in [1.82, 2.24) is 4.98 Å². The van der Waals surface area contributed by atoms with E-state index in [-0.39, 0.29) is 18.1 Å². The van der Waals surface area contributed by atoms with E-state index in [0.29, 0.717) is 11.3 Å². The lowest BCUT2D eigenvalue weighted by molar-refractivity contribution is -0.111. The van der Waals surface area contributed by atoms with E-state index in [2.05, 4.69) is 21.6 Å². The van der Waals surface area contributed by atoms with Crippen LogP contribution in [-0.2, 0) is 16.1 Å². The Bertz CT molecular complexity index is 760. The number of nitrogens with one attached hydrogen (secondary N) is 1. The van der Waals surface area contributed by atoms with Gasteiger partial charge >= 0.3 is 5.97 Å². The molecular formula is C17H15FN2O4. The highest BCUT2D eigenvalue weighted by Gasteiger charge is 2.09. The Morgan fingerprint density at radius 3 is 2.71 bits per heavy atom. The number of hydrogen-bond acceptors (Lipinski definition) is 5. The Morgan fingerprint density at radius 1 is 1.33 bits per heavy atom. The molecule has 1 aromatic carbocycles. The predicted octanol–water partition coefficient (Wildman–Crippen LogP) is 2.71. The molecule has 0 aliphatic heterocycles. The fourth-order valence-corrected chi connectivity index (χ4v) is 1.79. The number of halogens is 1. The van der Waals surface area contributed by atoms with Crippen molar-refractivity contribution in [2.75, 3.05) is 12.4 Å². The number of rotatable bonds is 6. The van der Waals surface area contributed by atoms with E-state index in [9.17, 15) is 14.0 Å². The molecule has 0 spiro atoms. The van der Waals surface area contributed by atoms with E-state index in [4.69, 9.17) is 4.74 Å². The molecule has 2 aromatic rings. The normalized spacial score (nSPS) is 9.92. The van der Waals surface area contributed by atoms with E-state index in [1.54, 1.807) is 6.07 Å². The number of nitrogens with zero attached hydrogens (tertiary/aromatic N) is 1. The standard InChI is InChI=1S/C17H15FN2O4/c1-3-16(21)20-12-5-7-15(13(18)8-12)24-10-11-4-6-14(19-9-11)17(22)23-2/h3-9H,1,10H2,2H3,(H,20,21). The highest BCUT2D eigenvalue weighted by atomic mass is 19.1. The van der Waals surface area contributed by atoms with Crippen LogP contribution in [0.4, 0.5) is 10.1 Å². The highest BCUT2D eigenvalue weighted by Crippen LogP contribution is 2.22. The van der Waals surface area contributed by atoms with Crippen LogP contribution in [0.15, 0.2) is 49.2 Å². The summed E-state index contributed by atoms with van der Waals surface area (Å²) in [7, 11) is 1.27. The Labute approximate surface area is 137 Å². The van der Waals surface area contributed by atoms with Crippen LogP contribution in [0.5, 0.6) is 5.75 Å². The molecule has 0 fully saturated rings. The molecule has 0 atom stereocenters. The molecular weight excluding hydrogens is 315 g/mol. The molecule has 24 heavy (non-hydrogen) atoms. The number of hydrogen-bond donors (Lipinski definition) is 1. The second kappa shape index (κ2) is 7.87. The van der Waals surface area contributed by atoms with E-state index in [0.717, 1.165) is 12.1 Å². The first-order chi connectivity index (χ1) is 11.5. The van der Waals surface area contributed by atoms with Crippen LogP contribution in [-0.4, -0.2) is 24.0 Å². The summed E-state index contributed by atoms with van der Waals surface area (Å²) < 4.78 is 23.9. The third-order valence-corrected chi connectivity index (χ3v) is 3.00. The molecule has 0 unspecified atom stereocenters. The average Bonchev–Trinajstić information content (AvgIpc) is 2.60. The SMILES string of the molecule is C=CC(=O)Nc1ccc(OCc2ccc(C(=O)OC)nc2)c(F)c1. The molecule has 0 radical (unpaired) electrons. The van der Waals surface area contributed by atoms with Gasteiger partial charge < -0.3 is 14.8 Å². The minimum Gasteiger partial charge on any atom is -0.486 e.